The maximum atomic E-state index is 13.3. The van der Waals surface area contributed by atoms with Crippen LogP contribution in [0, 0.1) is 5.82 Å². The lowest BCUT2D eigenvalue weighted by atomic mass is 10.2. The highest BCUT2D eigenvalue weighted by atomic mass is 79.9. The second-order valence-electron chi connectivity index (χ2n) is 5.59. The van der Waals surface area contributed by atoms with Crippen molar-refractivity contribution in [2.75, 3.05) is 26.3 Å². The quantitative estimate of drug-likeness (QED) is 0.568. The molecule has 1 aliphatic rings. The fourth-order valence-corrected chi connectivity index (χ4v) is 4.27. The van der Waals surface area contributed by atoms with Crippen molar-refractivity contribution in [2.45, 2.75) is 6.61 Å². The molecule has 0 spiro atoms. The molecule has 3 rings (SSSR count). The molecule has 25 heavy (non-hydrogen) atoms. The van der Waals surface area contributed by atoms with Crippen LogP contribution in [0.15, 0.2) is 45.3 Å². The number of rotatable bonds is 4. The summed E-state index contributed by atoms with van der Waals surface area (Å²) < 4.78 is 26.1. The lowest BCUT2D eigenvalue weighted by Crippen LogP contribution is -2.40. The normalized spacial score (nSPS) is 14.4. The Morgan fingerprint density at radius 1 is 1.16 bits per heavy atom. The average molecular weight is 489 g/mol. The van der Waals surface area contributed by atoms with Gasteiger partial charge in [0.25, 0.3) is 0 Å². The fourth-order valence-electron chi connectivity index (χ4n) is 2.55. The molecule has 0 atom stereocenters. The fraction of sp³-hybridized carbons (Fsp3) is 0.278. The average Bonchev–Trinajstić information content (AvgIpc) is 2.61. The monoisotopic (exact) mass is 487 g/mol. The summed E-state index contributed by atoms with van der Waals surface area (Å²) in [7, 11) is 0. The lowest BCUT2D eigenvalue weighted by Gasteiger charge is -2.29. The summed E-state index contributed by atoms with van der Waals surface area (Å²) in [5.74, 6) is 0.392. The maximum absolute atomic E-state index is 13.3. The van der Waals surface area contributed by atoms with Crippen molar-refractivity contribution in [1.29, 1.82) is 0 Å². The minimum atomic E-state index is -0.273. The Morgan fingerprint density at radius 3 is 2.48 bits per heavy atom. The van der Waals surface area contributed by atoms with E-state index in [0.29, 0.717) is 19.0 Å². The molecule has 1 fully saturated rings. The molecule has 0 amide bonds. The van der Waals surface area contributed by atoms with Gasteiger partial charge in [-0.3, -0.25) is 0 Å². The zero-order valence-electron chi connectivity index (χ0n) is 13.3. The van der Waals surface area contributed by atoms with Crippen molar-refractivity contribution in [3.8, 4) is 5.75 Å². The Labute approximate surface area is 168 Å². The van der Waals surface area contributed by atoms with Crippen LogP contribution in [-0.2, 0) is 11.3 Å². The van der Waals surface area contributed by atoms with Crippen LogP contribution < -0.4 is 4.74 Å². The van der Waals surface area contributed by atoms with Gasteiger partial charge in [-0.15, -0.1) is 0 Å². The third-order valence-corrected chi connectivity index (χ3v) is 5.49. The van der Waals surface area contributed by atoms with Crippen LogP contribution >= 0.6 is 44.1 Å². The predicted octanol–water partition coefficient (Wildman–Crippen LogP) is 4.94. The number of ether oxygens (including phenoxy) is 2. The number of halogens is 3. The molecule has 0 unspecified atom stereocenters. The Kier molecular flexibility index (Phi) is 6.44. The van der Waals surface area contributed by atoms with Crippen molar-refractivity contribution in [3.63, 3.8) is 0 Å². The summed E-state index contributed by atoms with van der Waals surface area (Å²) in [6.45, 7) is 3.26. The molecule has 2 aromatic carbocycles. The first-order valence-electron chi connectivity index (χ1n) is 7.78. The third-order valence-electron chi connectivity index (χ3n) is 3.82. The van der Waals surface area contributed by atoms with Gasteiger partial charge >= 0.3 is 0 Å². The van der Waals surface area contributed by atoms with Gasteiger partial charge in [-0.2, -0.15) is 0 Å². The lowest BCUT2D eigenvalue weighted by molar-refractivity contribution is 0.0693. The molecule has 3 nitrogen and oxygen atoms in total. The van der Waals surface area contributed by atoms with E-state index in [9.17, 15) is 4.39 Å². The van der Waals surface area contributed by atoms with Gasteiger partial charge in [0.1, 0.15) is 23.2 Å². The van der Waals surface area contributed by atoms with Gasteiger partial charge in [0, 0.05) is 18.7 Å². The maximum Gasteiger partial charge on any atom is 0.148 e. The molecule has 7 heteroatoms. The summed E-state index contributed by atoms with van der Waals surface area (Å²) in [6, 6.07) is 10.3. The minimum Gasteiger partial charge on any atom is -0.487 e. The van der Waals surface area contributed by atoms with Crippen LogP contribution in [0.3, 0.4) is 0 Å². The van der Waals surface area contributed by atoms with Crippen molar-refractivity contribution in [3.05, 3.63) is 62.3 Å². The molecule has 0 bridgehead atoms. The summed E-state index contributed by atoms with van der Waals surface area (Å²) in [5.41, 5.74) is 1.71. The zero-order valence-corrected chi connectivity index (χ0v) is 17.3. The first kappa shape index (κ1) is 18.8. The SMILES string of the molecule is Fc1cccc(COc2c(Br)cc(C(=S)N3CCOCC3)cc2Br)c1. The molecule has 132 valence electrons. The molecule has 2 aromatic rings. The van der Waals surface area contributed by atoms with E-state index in [1.54, 1.807) is 6.07 Å². The summed E-state index contributed by atoms with van der Waals surface area (Å²) >= 11 is 12.7. The van der Waals surface area contributed by atoms with E-state index in [4.69, 9.17) is 21.7 Å². The molecule has 0 aromatic heterocycles. The van der Waals surface area contributed by atoms with E-state index in [-0.39, 0.29) is 12.4 Å². The smallest absolute Gasteiger partial charge is 0.148 e. The highest BCUT2D eigenvalue weighted by molar-refractivity contribution is 9.11. The van der Waals surface area contributed by atoms with Crippen molar-refractivity contribution < 1.29 is 13.9 Å². The topological polar surface area (TPSA) is 21.7 Å². The van der Waals surface area contributed by atoms with E-state index in [2.05, 4.69) is 36.8 Å². The van der Waals surface area contributed by atoms with E-state index in [1.165, 1.54) is 12.1 Å². The van der Waals surface area contributed by atoms with E-state index >= 15 is 0 Å². The molecule has 0 aliphatic carbocycles. The van der Waals surface area contributed by atoms with Crippen molar-refractivity contribution in [1.82, 2.24) is 4.90 Å². The van der Waals surface area contributed by atoms with E-state index in [1.807, 2.05) is 18.2 Å². The Balaban J connectivity index is 1.74. The van der Waals surface area contributed by atoms with Crippen molar-refractivity contribution >= 4 is 49.1 Å². The van der Waals surface area contributed by atoms with Crippen LogP contribution in [0.25, 0.3) is 0 Å². The highest BCUT2D eigenvalue weighted by Crippen LogP contribution is 2.36. The second-order valence-corrected chi connectivity index (χ2v) is 7.69. The number of thiocarbonyl (C=S) groups is 1. The standard InChI is InChI=1S/C18H16Br2FNO2S/c19-15-9-13(18(25)22-4-6-23-7-5-22)10-16(20)17(15)24-11-12-2-1-3-14(21)8-12/h1-3,8-10H,4-7,11H2. The van der Waals surface area contributed by atoms with Gasteiger partial charge in [-0.05, 0) is 61.7 Å². The molecule has 0 radical (unpaired) electrons. The van der Waals surface area contributed by atoms with Crippen LogP contribution in [-0.4, -0.2) is 36.2 Å². The number of hydrogen-bond acceptors (Lipinski definition) is 3. The molecule has 1 aliphatic heterocycles. The predicted molar refractivity (Wildman–Crippen MR) is 107 cm³/mol. The first-order valence-corrected chi connectivity index (χ1v) is 9.77. The van der Waals surface area contributed by atoms with Gasteiger partial charge in [0.2, 0.25) is 0 Å². The summed E-state index contributed by atoms with van der Waals surface area (Å²) in [4.78, 5) is 2.93. The van der Waals surface area contributed by atoms with Crippen LogP contribution in [0.1, 0.15) is 11.1 Å². The largest absolute Gasteiger partial charge is 0.487 e. The number of morpholine rings is 1. The van der Waals surface area contributed by atoms with Crippen LogP contribution in [0.5, 0.6) is 5.75 Å². The molecule has 1 saturated heterocycles. The number of hydrogen-bond donors (Lipinski definition) is 0. The highest BCUT2D eigenvalue weighted by Gasteiger charge is 2.18. The number of benzene rings is 2. The summed E-state index contributed by atoms with van der Waals surface area (Å²) in [6.07, 6.45) is 0. The van der Waals surface area contributed by atoms with Crippen molar-refractivity contribution in [2.24, 2.45) is 0 Å². The van der Waals surface area contributed by atoms with Gasteiger partial charge in [-0.1, -0.05) is 24.4 Å². The van der Waals surface area contributed by atoms with Crippen LogP contribution in [0.2, 0.25) is 0 Å². The third kappa shape index (κ3) is 4.78. The molecular formula is C18H16Br2FNO2S. The Morgan fingerprint density at radius 2 is 1.84 bits per heavy atom. The molecule has 0 N–H and O–H groups in total. The first-order chi connectivity index (χ1) is 12.0. The number of nitrogens with zero attached hydrogens (tertiary/aromatic N) is 1. The van der Waals surface area contributed by atoms with E-state index in [0.717, 1.165) is 38.2 Å². The molecular weight excluding hydrogens is 473 g/mol. The summed E-state index contributed by atoms with van der Waals surface area (Å²) in [5, 5.41) is 0. The zero-order chi connectivity index (χ0) is 17.8. The van der Waals surface area contributed by atoms with Gasteiger partial charge in [0.05, 0.1) is 22.2 Å². The van der Waals surface area contributed by atoms with Gasteiger partial charge in [0.15, 0.2) is 0 Å². The Hall–Kier alpha value is -1.02. The molecule has 0 saturated carbocycles. The van der Waals surface area contributed by atoms with Gasteiger partial charge in [-0.25, -0.2) is 4.39 Å². The second kappa shape index (κ2) is 8.58. The molecule has 1 heterocycles. The minimum absolute atomic E-state index is 0.273. The van der Waals surface area contributed by atoms with Crippen LogP contribution in [0.4, 0.5) is 4.39 Å². The Bertz CT molecular complexity index is 758. The van der Waals surface area contributed by atoms with Gasteiger partial charge < -0.3 is 14.4 Å². The van der Waals surface area contributed by atoms with E-state index < -0.39 is 0 Å².